The molecule has 1 atom stereocenters. The van der Waals surface area contributed by atoms with Gasteiger partial charge in [0.2, 0.25) is 0 Å². The zero-order valence-electron chi connectivity index (χ0n) is 5.72. The molecule has 0 aliphatic carbocycles. The second kappa shape index (κ2) is 3.47. The molecule has 1 heterocycles. The predicted octanol–water partition coefficient (Wildman–Crippen LogP) is -2.39. The molecule has 0 bridgehead atoms. The SMILES string of the molecule is C[I-]C(C)c1ns[nH]c1=O. The topological polar surface area (TPSA) is 45.8 Å². The Balaban J connectivity index is 2.93. The second-order valence-electron chi connectivity index (χ2n) is 1.83. The van der Waals surface area contributed by atoms with E-state index in [1.54, 1.807) is 0 Å². The molecule has 1 rings (SSSR count). The number of hydrogen-bond acceptors (Lipinski definition) is 3. The van der Waals surface area contributed by atoms with Crippen molar-refractivity contribution in [3.8, 4) is 0 Å². The Kier molecular flexibility index (Phi) is 2.84. The number of aromatic nitrogens is 2. The fraction of sp³-hybridized carbons (Fsp3) is 0.600. The van der Waals surface area contributed by atoms with Crippen LogP contribution in [0.3, 0.4) is 0 Å². The third kappa shape index (κ3) is 1.57. The van der Waals surface area contributed by atoms with E-state index in [-0.39, 0.29) is 26.8 Å². The van der Waals surface area contributed by atoms with Crippen molar-refractivity contribution in [3.63, 3.8) is 0 Å². The van der Waals surface area contributed by atoms with Gasteiger partial charge in [0.1, 0.15) is 0 Å². The van der Waals surface area contributed by atoms with Crippen LogP contribution in [0.5, 0.6) is 0 Å². The number of rotatable bonds is 2. The van der Waals surface area contributed by atoms with Crippen LogP contribution >= 0.6 is 11.7 Å². The molecule has 1 N–H and O–H groups in total. The summed E-state index contributed by atoms with van der Waals surface area (Å²) in [7, 11) is 0. The molecule has 3 nitrogen and oxygen atoms in total. The average molecular weight is 271 g/mol. The summed E-state index contributed by atoms with van der Waals surface area (Å²) in [5.41, 5.74) is 0.722. The molecule has 0 radical (unpaired) electrons. The first-order valence-electron chi connectivity index (χ1n) is 2.78. The van der Waals surface area contributed by atoms with E-state index in [1.165, 1.54) is 0 Å². The van der Waals surface area contributed by atoms with Crippen LogP contribution in [0.4, 0.5) is 0 Å². The summed E-state index contributed by atoms with van der Waals surface area (Å²) in [6.07, 6.45) is 0. The van der Waals surface area contributed by atoms with Crippen LogP contribution in [-0.4, -0.2) is 13.7 Å². The van der Waals surface area contributed by atoms with Crippen LogP contribution in [0.1, 0.15) is 16.5 Å². The summed E-state index contributed by atoms with van der Waals surface area (Å²) in [4.78, 5) is 13.1. The van der Waals surface area contributed by atoms with Crippen molar-refractivity contribution in [2.75, 3.05) is 4.93 Å². The van der Waals surface area contributed by atoms with Crippen molar-refractivity contribution in [3.05, 3.63) is 16.0 Å². The van der Waals surface area contributed by atoms with Crippen LogP contribution in [0.25, 0.3) is 0 Å². The van der Waals surface area contributed by atoms with E-state index in [2.05, 4.69) is 20.6 Å². The van der Waals surface area contributed by atoms with Crippen molar-refractivity contribution >= 4 is 11.7 Å². The van der Waals surface area contributed by atoms with Gasteiger partial charge in [0, 0.05) is 0 Å². The Bertz CT molecular complexity index is 256. The summed E-state index contributed by atoms with van der Waals surface area (Å²) in [6, 6.07) is 0. The minimum atomic E-state index is -0.000880. The third-order valence-electron chi connectivity index (χ3n) is 1.22. The maximum absolute atomic E-state index is 10.9. The molecule has 1 aromatic heterocycles. The van der Waals surface area contributed by atoms with Crippen molar-refractivity contribution in [2.45, 2.75) is 10.8 Å². The summed E-state index contributed by atoms with van der Waals surface area (Å²) in [5, 5.41) is 0. The number of halogens is 1. The molecule has 0 fully saturated rings. The molecule has 1 aromatic rings. The van der Waals surface area contributed by atoms with Gasteiger partial charge in [-0.05, 0) is 0 Å². The van der Waals surface area contributed by atoms with Gasteiger partial charge in [-0.15, -0.1) is 0 Å². The zero-order valence-corrected chi connectivity index (χ0v) is 8.69. The number of nitrogens with zero attached hydrogens (tertiary/aromatic N) is 1. The van der Waals surface area contributed by atoms with E-state index in [1.807, 2.05) is 0 Å². The van der Waals surface area contributed by atoms with Crippen LogP contribution in [0, 0.1) is 0 Å². The molecule has 0 aliphatic heterocycles. The molecule has 0 spiro atoms. The van der Waals surface area contributed by atoms with Gasteiger partial charge in [-0.2, -0.15) is 0 Å². The van der Waals surface area contributed by atoms with E-state index in [0.29, 0.717) is 3.92 Å². The van der Waals surface area contributed by atoms with Gasteiger partial charge in [-0.3, -0.25) is 0 Å². The Hall–Kier alpha value is 0.0900. The van der Waals surface area contributed by atoms with Crippen molar-refractivity contribution in [1.82, 2.24) is 8.75 Å². The predicted molar refractivity (Wildman–Crippen MR) is 37.1 cm³/mol. The van der Waals surface area contributed by atoms with E-state index in [9.17, 15) is 4.79 Å². The summed E-state index contributed by atoms with van der Waals surface area (Å²) >= 11 is 1.24. The summed E-state index contributed by atoms with van der Waals surface area (Å²) in [6.45, 7) is 2.05. The molecule has 58 valence electrons. The second-order valence-corrected chi connectivity index (χ2v) is 5.52. The summed E-state index contributed by atoms with van der Waals surface area (Å²) in [5.74, 6) is 0. The number of nitrogens with one attached hydrogen (secondary N) is 1. The molecule has 0 aliphatic rings. The van der Waals surface area contributed by atoms with Gasteiger partial charge in [0.15, 0.2) is 0 Å². The zero-order chi connectivity index (χ0) is 7.56. The number of hydrogen-bond donors (Lipinski definition) is 1. The standard InChI is InChI=1S/C5H8IN2OS/c1-3(6-2)4-5(9)8-10-7-4/h3H,1-2H3,(H,8,9)/q-1. The monoisotopic (exact) mass is 271 g/mol. The first-order valence-corrected chi connectivity index (χ1v) is 6.95. The van der Waals surface area contributed by atoms with E-state index >= 15 is 0 Å². The molecular weight excluding hydrogens is 263 g/mol. The molecule has 10 heavy (non-hydrogen) atoms. The molecule has 0 saturated heterocycles. The van der Waals surface area contributed by atoms with Crippen LogP contribution in [0.2, 0.25) is 0 Å². The van der Waals surface area contributed by atoms with Crippen LogP contribution in [-0.2, 0) is 0 Å². The Morgan fingerprint density at radius 2 is 2.50 bits per heavy atom. The van der Waals surface area contributed by atoms with Crippen LogP contribution in [0.15, 0.2) is 4.79 Å². The number of aromatic amines is 1. The first kappa shape index (κ1) is 8.19. The molecule has 0 amide bonds. The number of alkyl halides is 2. The Labute approximate surface area is 73.4 Å². The van der Waals surface area contributed by atoms with Gasteiger partial charge >= 0.3 is 73.5 Å². The van der Waals surface area contributed by atoms with Crippen molar-refractivity contribution < 1.29 is 21.2 Å². The third-order valence-corrected chi connectivity index (χ3v) is 4.24. The normalized spacial score (nSPS) is 13.8. The van der Waals surface area contributed by atoms with Crippen LogP contribution < -0.4 is 26.8 Å². The quantitative estimate of drug-likeness (QED) is 0.482. The maximum atomic E-state index is 10.9. The fourth-order valence-corrected chi connectivity index (χ4v) is 2.34. The van der Waals surface area contributed by atoms with Gasteiger partial charge < -0.3 is 0 Å². The average Bonchev–Trinajstić information content (AvgIpc) is 2.34. The Morgan fingerprint density at radius 1 is 1.80 bits per heavy atom. The molecular formula is C5H8IN2OS-. The van der Waals surface area contributed by atoms with Gasteiger partial charge in [0.05, 0.1) is 0 Å². The molecule has 0 aromatic carbocycles. The molecule has 1 unspecified atom stereocenters. The first-order chi connectivity index (χ1) is 4.75. The Morgan fingerprint density at radius 3 is 2.90 bits per heavy atom. The number of H-pyrrole nitrogens is 1. The van der Waals surface area contributed by atoms with E-state index < -0.39 is 0 Å². The van der Waals surface area contributed by atoms with Gasteiger partial charge in [0.25, 0.3) is 0 Å². The van der Waals surface area contributed by atoms with Crippen molar-refractivity contribution in [1.29, 1.82) is 0 Å². The van der Waals surface area contributed by atoms with E-state index in [4.69, 9.17) is 0 Å². The minimum absolute atomic E-state index is 0.000880. The summed E-state index contributed by atoms with van der Waals surface area (Å²) < 4.78 is 6.96. The molecule has 5 heteroatoms. The van der Waals surface area contributed by atoms with Gasteiger partial charge in [-0.25, -0.2) is 0 Å². The van der Waals surface area contributed by atoms with E-state index in [0.717, 1.165) is 17.4 Å². The van der Waals surface area contributed by atoms with Gasteiger partial charge in [-0.1, -0.05) is 0 Å². The van der Waals surface area contributed by atoms with Crippen molar-refractivity contribution in [2.24, 2.45) is 0 Å². The fourth-order valence-electron chi connectivity index (χ4n) is 0.564. The molecule has 0 saturated carbocycles.